The van der Waals surface area contributed by atoms with Crippen molar-refractivity contribution in [3.05, 3.63) is 0 Å². The maximum Gasteiger partial charge on any atom is 0.135 e. The molecule has 0 atom stereocenters. The van der Waals surface area contributed by atoms with Gasteiger partial charge in [0.2, 0.25) is 0 Å². The number of nitrogens with one attached hydrogen (secondary N) is 1. The molecule has 2 heteroatoms. The molecule has 3 saturated carbocycles. The van der Waals surface area contributed by atoms with Gasteiger partial charge in [-0.2, -0.15) is 0 Å². The lowest BCUT2D eigenvalue weighted by Crippen LogP contribution is -2.55. The lowest BCUT2D eigenvalue weighted by molar-refractivity contribution is -0.133. The van der Waals surface area contributed by atoms with Crippen LogP contribution in [0.15, 0.2) is 0 Å². The molecule has 2 nitrogen and oxygen atoms in total. The fourth-order valence-corrected chi connectivity index (χ4v) is 3.09. The van der Waals surface area contributed by atoms with E-state index >= 15 is 0 Å². The van der Waals surface area contributed by atoms with Gasteiger partial charge in [0.05, 0.1) is 0 Å². The van der Waals surface area contributed by atoms with Crippen LogP contribution in [0.1, 0.15) is 45.4 Å². The van der Waals surface area contributed by atoms with Crippen LogP contribution in [0.2, 0.25) is 0 Å². The van der Waals surface area contributed by atoms with Crippen molar-refractivity contribution < 1.29 is 4.79 Å². The summed E-state index contributed by atoms with van der Waals surface area (Å²) in [7, 11) is 2.06. The largest absolute Gasteiger partial charge is 0.314 e. The number of carbonyl (C=O) groups is 1. The molecule has 0 heterocycles. The molecule has 3 aliphatic rings. The fourth-order valence-electron chi connectivity index (χ4n) is 3.09. The molecule has 0 aromatic rings. The number of Topliss-reactive ketones (excluding diaryl/α,β-unsaturated/α-hetero) is 1. The van der Waals surface area contributed by atoms with Crippen molar-refractivity contribution in [3.8, 4) is 0 Å². The van der Waals surface area contributed by atoms with Crippen LogP contribution < -0.4 is 5.32 Å². The zero-order valence-electron chi connectivity index (χ0n) is 8.65. The third-order valence-corrected chi connectivity index (χ3v) is 4.52. The SMILES string of the molecule is CNC12CCC(C(C)=O)(CC1)CC2. The first kappa shape index (κ1) is 9.20. The van der Waals surface area contributed by atoms with E-state index in [0.29, 0.717) is 11.3 Å². The first-order valence-corrected chi connectivity index (χ1v) is 5.33. The quantitative estimate of drug-likeness (QED) is 0.705. The predicted molar refractivity (Wildman–Crippen MR) is 52.6 cm³/mol. The van der Waals surface area contributed by atoms with Gasteiger partial charge in [0.1, 0.15) is 5.78 Å². The molecule has 3 fully saturated rings. The van der Waals surface area contributed by atoms with E-state index in [4.69, 9.17) is 0 Å². The van der Waals surface area contributed by atoms with Crippen LogP contribution in [0.25, 0.3) is 0 Å². The van der Waals surface area contributed by atoms with Gasteiger partial charge in [-0.05, 0) is 52.5 Å². The molecule has 0 aliphatic heterocycles. The van der Waals surface area contributed by atoms with Crippen LogP contribution in [-0.4, -0.2) is 18.4 Å². The van der Waals surface area contributed by atoms with E-state index in [0.717, 1.165) is 19.3 Å². The molecule has 2 bridgehead atoms. The van der Waals surface area contributed by atoms with Crippen molar-refractivity contribution in [2.45, 2.75) is 51.0 Å². The van der Waals surface area contributed by atoms with E-state index in [1.165, 1.54) is 19.3 Å². The molecule has 0 aromatic heterocycles. The lowest BCUT2D eigenvalue weighted by atomic mass is 9.56. The maximum atomic E-state index is 11.5. The Bertz CT molecular complexity index is 210. The topological polar surface area (TPSA) is 29.1 Å². The highest BCUT2D eigenvalue weighted by Gasteiger charge is 2.49. The minimum absolute atomic E-state index is 0.0819. The maximum absolute atomic E-state index is 11.5. The van der Waals surface area contributed by atoms with E-state index in [2.05, 4.69) is 12.4 Å². The second-order valence-corrected chi connectivity index (χ2v) is 4.87. The first-order valence-electron chi connectivity index (χ1n) is 5.33. The monoisotopic (exact) mass is 181 g/mol. The van der Waals surface area contributed by atoms with Crippen LogP contribution in [-0.2, 0) is 4.79 Å². The molecule has 0 unspecified atom stereocenters. The van der Waals surface area contributed by atoms with Crippen LogP contribution in [0.4, 0.5) is 0 Å². The van der Waals surface area contributed by atoms with Crippen molar-refractivity contribution in [1.29, 1.82) is 0 Å². The van der Waals surface area contributed by atoms with Gasteiger partial charge in [0, 0.05) is 11.0 Å². The van der Waals surface area contributed by atoms with Gasteiger partial charge < -0.3 is 5.32 Å². The van der Waals surface area contributed by atoms with Gasteiger partial charge in [0.15, 0.2) is 0 Å². The highest BCUT2D eigenvalue weighted by molar-refractivity contribution is 5.82. The Balaban J connectivity index is 2.16. The zero-order valence-corrected chi connectivity index (χ0v) is 8.65. The van der Waals surface area contributed by atoms with Crippen molar-refractivity contribution in [2.75, 3.05) is 7.05 Å². The molecule has 0 saturated heterocycles. The van der Waals surface area contributed by atoms with Crippen LogP contribution in [0.5, 0.6) is 0 Å². The van der Waals surface area contributed by atoms with Crippen molar-refractivity contribution in [1.82, 2.24) is 5.32 Å². The number of fused-ring (bicyclic) bond motifs is 3. The number of rotatable bonds is 2. The van der Waals surface area contributed by atoms with E-state index < -0.39 is 0 Å². The van der Waals surface area contributed by atoms with Crippen molar-refractivity contribution >= 4 is 5.78 Å². The first-order chi connectivity index (χ1) is 6.13. The average molecular weight is 181 g/mol. The highest BCUT2D eigenvalue weighted by Crippen LogP contribution is 2.52. The summed E-state index contributed by atoms with van der Waals surface area (Å²) < 4.78 is 0. The van der Waals surface area contributed by atoms with Crippen molar-refractivity contribution in [3.63, 3.8) is 0 Å². The Morgan fingerprint density at radius 2 is 1.54 bits per heavy atom. The second-order valence-electron chi connectivity index (χ2n) is 4.87. The second kappa shape index (κ2) is 2.81. The zero-order chi connectivity index (χ0) is 9.53. The van der Waals surface area contributed by atoms with Crippen molar-refractivity contribution in [2.24, 2.45) is 5.41 Å². The Morgan fingerprint density at radius 3 is 1.85 bits per heavy atom. The average Bonchev–Trinajstić information content (AvgIpc) is 2.20. The number of ketones is 1. The van der Waals surface area contributed by atoms with Gasteiger partial charge >= 0.3 is 0 Å². The Kier molecular flexibility index (Phi) is 1.99. The Morgan fingerprint density at radius 1 is 1.08 bits per heavy atom. The molecule has 3 rings (SSSR count). The Hall–Kier alpha value is -0.370. The summed E-state index contributed by atoms with van der Waals surface area (Å²) in [5.74, 6) is 0.428. The van der Waals surface area contributed by atoms with Crippen LogP contribution >= 0.6 is 0 Å². The highest BCUT2D eigenvalue weighted by atomic mass is 16.1. The van der Waals surface area contributed by atoms with Gasteiger partial charge in [-0.15, -0.1) is 0 Å². The van der Waals surface area contributed by atoms with E-state index in [-0.39, 0.29) is 5.41 Å². The van der Waals surface area contributed by atoms with E-state index in [9.17, 15) is 4.79 Å². The summed E-state index contributed by atoms with van der Waals surface area (Å²) in [5.41, 5.74) is 0.468. The van der Waals surface area contributed by atoms with Gasteiger partial charge in [-0.3, -0.25) is 4.79 Å². The normalized spacial score (nSPS) is 43.5. The van der Waals surface area contributed by atoms with Gasteiger partial charge in [0.25, 0.3) is 0 Å². The number of carbonyl (C=O) groups excluding carboxylic acids is 1. The Labute approximate surface area is 80.1 Å². The smallest absolute Gasteiger partial charge is 0.135 e. The summed E-state index contributed by atoms with van der Waals surface area (Å²) in [6.45, 7) is 1.78. The summed E-state index contributed by atoms with van der Waals surface area (Å²) in [4.78, 5) is 11.5. The summed E-state index contributed by atoms with van der Waals surface area (Å²) in [6.07, 6.45) is 6.94. The third kappa shape index (κ3) is 1.23. The fraction of sp³-hybridized carbons (Fsp3) is 0.909. The lowest BCUT2D eigenvalue weighted by Gasteiger charge is -2.52. The minimum atomic E-state index is 0.0819. The third-order valence-electron chi connectivity index (χ3n) is 4.52. The summed E-state index contributed by atoms with van der Waals surface area (Å²) in [6, 6.07) is 0. The molecule has 13 heavy (non-hydrogen) atoms. The predicted octanol–water partition coefficient (Wildman–Crippen LogP) is 1.89. The van der Waals surface area contributed by atoms with Gasteiger partial charge in [-0.1, -0.05) is 0 Å². The summed E-state index contributed by atoms with van der Waals surface area (Å²) >= 11 is 0. The van der Waals surface area contributed by atoms with E-state index in [1.807, 2.05) is 0 Å². The minimum Gasteiger partial charge on any atom is -0.314 e. The standard InChI is InChI=1S/C11H19NO/c1-9(13)10-3-6-11(12-2,7-4-10)8-5-10/h12H,3-8H2,1-2H3. The van der Waals surface area contributed by atoms with Crippen LogP contribution in [0.3, 0.4) is 0 Å². The summed E-state index contributed by atoms with van der Waals surface area (Å²) in [5, 5.41) is 3.45. The number of hydrogen-bond acceptors (Lipinski definition) is 2. The van der Waals surface area contributed by atoms with Crippen LogP contribution in [0, 0.1) is 5.41 Å². The molecule has 0 spiro atoms. The molecule has 1 N–H and O–H groups in total. The number of hydrogen-bond donors (Lipinski definition) is 1. The molecular weight excluding hydrogens is 162 g/mol. The van der Waals surface area contributed by atoms with Gasteiger partial charge in [-0.25, -0.2) is 0 Å². The molecule has 74 valence electrons. The molecule has 0 aromatic carbocycles. The molecule has 3 aliphatic carbocycles. The van der Waals surface area contributed by atoms with E-state index in [1.54, 1.807) is 6.92 Å². The molecule has 0 radical (unpaired) electrons. The molecule has 0 amide bonds. The molecular formula is C11H19NO.